The summed E-state index contributed by atoms with van der Waals surface area (Å²) in [6, 6.07) is 7.53. The Morgan fingerprint density at radius 2 is 2.06 bits per heavy atom. The van der Waals surface area contributed by atoms with E-state index in [0.717, 1.165) is 15.4 Å². The fourth-order valence-corrected chi connectivity index (χ4v) is 3.48. The van der Waals surface area contributed by atoms with Crippen molar-refractivity contribution >= 4 is 15.9 Å². The third kappa shape index (κ3) is 2.49. The van der Waals surface area contributed by atoms with Gasteiger partial charge in [-0.15, -0.1) is 0 Å². The standard InChI is InChI=1S/C12H15NO3S/c1-10-5-2-3-6-11(10)9-12(14)13-7-4-8-17(13,15)16/h2-3,5-6H,4,7-9H2,1H3. The van der Waals surface area contributed by atoms with Crippen molar-refractivity contribution in [2.24, 2.45) is 0 Å². The molecule has 0 N–H and O–H groups in total. The first kappa shape index (κ1) is 12.1. The molecule has 2 rings (SSSR count). The fourth-order valence-electron chi connectivity index (χ4n) is 1.98. The fraction of sp³-hybridized carbons (Fsp3) is 0.417. The summed E-state index contributed by atoms with van der Waals surface area (Å²) in [7, 11) is -3.34. The van der Waals surface area contributed by atoms with E-state index in [1.165, 1.54) is 0 Å². The van der Waals surface area contributed by atoms with Gasteiger partial charge in [0.05, 0.1) is 12.2 Å². The molecule has 0 spiro atoms. The molecule has 5 heteroatoms. The van der Waals surface area contributed by atoms with E-state index in [9.17, 15) is 13.2 Å². The Kier molecular flexibility index (Phi) is 3.19. The molecule has 17 heavy (non-hydrogen) atoms. The molecular weight excluding hydrogens is 238 g/mol. The molecule has 92 valence electrons. The van der Waals surface area contributed by atoms with Crippen molar-refractivity contribution in [3.63, 3.8) is 0 Å². The number of rotatable bonds is 2. The normalized spacial score (nSPS) is 18.3. The molecule has 0 aromatic heterocycles. The van der Waals surface area contributed by atoms with E-state index in [2.05, 4.69) is 0 Å². The summed E-state index contributed by atoms with van der Waals surface area (Å²) in [5, 5.41) is 0. The highest BCUT2D eigenvalue weighted by Gasteiger charge is 2.32. The molecule has 0 aliphatic carbocycles. The van der Waals surface area contributed by atoms with Crippen molar-refractivity contribution in [2.75, 3.05) is 12.3 Å². The number of sulfonamides is 1. The van der Waals surface area contributed by atoms with Gasteiger partial charge in [0.2, 0.25) is 15.9 Å². The molecule has 4 nitrogen and oxygen atoms in total. The summed E-state index contributed by atoms with van der Waals surface area (Å²) in [5.74, 6) is -0.233. The van der Waals surface area contributed by atoms with Gasteiger partial charge >= 0.3 is 0 Å². The highest BCUT2D eigenvalue weighted by Crippen LogP contribution is 2.16. The summed E-state index contributed by atoms with van der Waals surface area (Å²) in [6.45, 7) is 2.24. The lowest BCUT2D eigenvalue weighted by Crippen LogP contribution is -2.33. The van der Waals surface area contributed by atoms with Crippen molar-refractivity contribution in [1.82, 2.24) is 4.31 Å². The Bertz CT molecular complexity index is 536. The lowest BCUT2D eigenvalue weighted by atomic mass is 10.1. The molecule has 1 aliphatic rings. The first-order valence-electron chi connectivity index (χ1n) is 5.58. The third-order valence-corrected chi connectivity index (χ3v) is 4.84. The number of carbonyl (C=O) groups excluding carboxylic acids is 1. The summed E-state index contributed by atoms with van der Waals surface area (Å²) in [6.07, 6.45) is 0.702. The Morgan fingerprint density at radius 1 is 1.35 bits per heavy atom. The minimum Gasteiger partial charge on any atom is -0.273 e. The number of benzene rings is 1. The van der Waals surface area contributed by atoms with E-state index in [1.807, 2.05) is 31.2 Å². The van der Waals surface area contributed by atoms with Crippen molar-refractivity contribution in [1.29, 1.82) is 0 Å². The van der Waals surface area contributed by atoms with Crippen molar-refractivity contribution in [3.8, 4) is 0 Å². The number of hydrogen-bond acceptors (Lipinski definition) is 3. The van der Waals surface area contributed by atoms with Gasteiger partial charge in [0.15, 0.2) is 0 Å². The molecular formula is C12H15NO3S. The second kappa shape index (κ2) is 4.49. The maximum Gasteiger partial charge on any atom is 0.240 e. The maximum absolute atomic E-state index is 11.9. The van der Waals surface area contributed by atoms with Crippen molar-refractivity contribution < 1.29 is 13.2 Å². The van der Waals surface area contributed by atoms with Gasteiger partial charge in [-0.3, -0.25) is 4.79 Å². The van der Waals surface area contributed by atoms with Gasteiger partial charge in [0.25, 0.3) is 0 Å². The molecule has 1 heterocycles. The quantitative estimate of drug-likeness (QED) is 0.793. The number of aryl methyl sites for hydroxylation is 1. The minimum absolute atomic E-state index is 0.0898. The number of hydrogen-bond donors (Lipinski definition) is 0. The third-order valence-electron chi connectivity index (χ3n) is 2.98. The van der Waals surface area contributed by atoms with Crippen LogP contribution in [0.15, 0.2) is 24.3 Å². The van der Waals surface area contributed by atoms with Crippen LogP contribution < -0.4 is 0 Å². The Hall–Kier alpha value is -1.36. The van der Waals surface area contributed by atoms with E-state index in [0.29, 0.717) is 13.0 Å². The highest BCUT2D eigenvalue weighted by atomic mass is 32.2. The zero-order chi connectivity index (χ0) is 12.5. The molecule has 1 aromatic carbocycles. The largest absolute Gasteiger partial charge is 0.273 e. The second-order valence-electron chi connectivity index (χ2n) is 4.24. The molecule has 0 unspecified atom stereocenters. The van der Waals surface area contributed by atoms with Crippen LogP contribution in [-0.2, 0) is 21.2 Å². The van der Waals surface area contributed by atoms with Crippen LogP contribution in [0.25, 0.3) is 0 Å². The summed E-state index contributed by atoms with van der Waals surface area (Å²) in [5.41, 5.74) is 1.90. The Morgan fingerprint density at radius 3 is 2.65 bits per heavy atom. The lowest BCUT2D eigenvalue weighted by Gasteiger charge is -2.15. The summed E-state index contributed by atoms with van der Waals surface area (Å²) < 4.78 is 24.2. The van der Waals surface area contributed by atoms with Crippen LogP contribution in [0.2, 0.25) is 0 Å². The zero-order valence-corrected chi connectivity index (χ0v) is 10.5. The maximum atomic E-state index is 11.9. The van der Waals surface area contributed by atoms with Gasteiger partial charge in [0, 0.05) is 6.54 Å². The van der Waals surface area contributed by atoms with E-state index >= 15 is 0 Å². The monoisotopic (exact) mass is 253 g/mol. The van der Waals surface area contributed by atoms with Crippen molar-refractivity contribution in [3.05, 3.63) is 35.4 Å². The highest BCUT2D eigenvalue weighted by molar-refractivity contribution is 7.89. The molecule has 0 saturated carbocycles. The van der Waals surface area contributed by atoms with E-state index in [-0.39, 0.29) is 18.1 Å². The predicted octanol–water partition coefficient (Wildman–Crippen LogP) is 1.10. The summed E-state index contributed by atoms with van der Waals surface area (Å²) >= 11 is 0. The van der Waals surface area contributed by atoms with E-state index in [1.54, 1.807) is 0 Å². The number of nitrogens with zero attached hydrogens (tertiary/aromatic N) is 1. The van der Waals surface area contributed by atoms with Crippen molar-refractivity contribution in [2.45, 2.75) is 19.8 Å². The molecule has 1 aromatic rings. The molecule has 1 amide bonds. The van der Waals surface area contributed by atoms with Gasteiger partial charge < -0.3 is 0 Å². The van der Waals surface area contributed by atoms with Gasteiger partial charge in [-0.25, -0.2) is 12.7 Å². The number of amides is 1. The smallest absolute Gasteiger partial charge is 0.240 e. The molecule has 1 fully saturated rings. The van der Waals surface area contributed by atoms with Gasteiger partial charge in [-0.05, 0) is 24.5 Å². The van der Waals surface area contributed by atoms with Gasteiger partial charge in [0.1, 0.15) is 0 Å². The van der Waals surface area contributed by atoms with Gasteiger partial charge in [-0.2, -0.15) is 0 Å². The zero-order valence-electron chi connectivity index (χ0n) is 9.72. The minimum atomic E-state index is -3.34. The van der Waals surface area contributed by atoms with Crippen LogP contribution in [0, 0.1) is 6.92 Å². The van der Waals surface area contributed by atoms with E-state index < -0.39 is 10.0 Å². The van der Waals surface area contributed by atoms with E-state index in [4.69, 9.17) is 0 Å². The molecule has 0 bridgehead atoms. The average Bonchev–Trinajstić information content (AvgIpc) is 2.61. The molecule has 0 atom stereocenters. The topological polar surface area (TPSA) is 54.5 Å². The first-order valence-corrected chi connectivity index (χ1v) is 7.19. The Balaban J connectivity index is 2.16. The molecule has 1 saturated heterocycles. The van der Waals surface area contributed by atoms with Crippen LogP contribution in [0.1, 0.15) is 17.5 Å². The van der Waals surface area contributed by atoms with Crippen LogP contribution in [0.4, 0.5) is 0 Å². The van der Waals surface area contributed by atoms with Crippen LogP contribution >= 0.6 is 0 Å². The van der Waals surface area contributed by atoms with Crippen LogP contribution in [0.5, 0.6) is 0 Å². The van der Waals surface area contributed by atoms with Crippen LogP contribution in [-0.4, -0.2) is 30.9 Å². The average molecular weight is 253 g/mol. The predicted molar refractivity (Wildman–Crippen MR) is 65.0 cm³/mol. The van der Waals surface area contributed by atoms with Crippen LogP contribution in [0.3, 0.4) is 0 Å². The number of carbonyl (C=O) groups is 1. The lowest BCUT2D eigenvalue weighted by molar-refractivity contribution is -0.125. The second-order valence-corrected chi connectivity index (χ2v) is 6.25. The first-order chi connectivity index (χ1) is 8.00. The molecule has 0 radical (unpaired) electrons. The summed E-state index contributed by atoms with van der Waals surface area (Å²) in [4.78, 5) is 11.9. The molecule has 1 aliphatic heterocycles. The van der Waals surface area contributed by atoms with Gasteiger partial charge in [-0.1, -0.05) is 24.3 Å². The SMILES string of the molecule is Cc1ccccc1CC(=O)N1CCCS1(=O)=O. The Labute approximate surface area is 101 Å².